The van der Waals surface area contributed by atoms with Gasteiger partial charge in [-0.05, 0) is 37.3 Å². The Kier molecular flexibility index (Phi) is 7.82. The lowest BCUT2D eigenvalue weighted by Crippen LogP contribution is -2.53. The zero-order valence-electron chi connectivity index (χ0n) is 19.0. The number of hydroxylamine groups is 1. The lowest BCUT2D eigenvalue weighted by atomic mass is 9.72. The number of rotatable bonds is 5. The molecule has 9 heteroatoms. The Hall–Kier alpha value is -2.65. The van der Waals surface area contributed by atoms with Gasteiger partial charge in [0.1, 0.15) is 0 Å². The van der Waals surface area contributed by atoms with Gasteiger partial charge >= 0.3 is 0 Å². The number of ether oxygens (including phenoxy) is 1. The first-order valence-electron chi connectivity index (χ1n) is 11.9. The standard InChI is InChI=1S/C24H34N4O5/c29-22(27-12-14-33-15-13-27)17-18-6-7-20(21(16-18)23(30)25-32)24(31)28-10-8-26(9-11-28)19-4-2-1-3-5-19/h1-5,18,20-21,32H,6-17H2,(H,25,30)/t18?,20-,21-/m0/s1. The molecule has 2 heterocycles. The Bertz CT molecular complexity index is 821. The van der Waals surface area contributed by atoms with Crippen LogP contribution in [0, 0.1) is 17.8 Å². The summed E-state index contributed by atoms with van der Waals surface area (Å²) < 4.78 is 5.31. The molecule has 3 atom stereocenters. The van der Waals surface area contributed by atoms with Crippen molar-refractivity contribution in [2.75, 3.05) is 57.4 Å². The molecule has 33 heavy (non-hydrogen) atoms. The minimum absolute atomic E-state index is 0.0192. The summed E-state index contributed by atoms with van der Waals surface area (Å²) in [5.41, 5.74) is 2.90. The zero-order valence-corrected chi connectivity index (χ0v) is 19.0. The van der Waals surface area contributed by atoms with Crippen LogP contribution in [-0.2, 0) is 19.1 Å². The predicted molar refractivity (Wildman–Crippen MR) is 122 cm³/mol. The van der Waals surface area contributed by atoms with E-state index in [1.807, 2.05) is 28.0 Å². The van der Waals surface area contributed by atoms with E-state index in [-0.39, 0.29) is 17.7 Å². The Labute approximate surface area is 194 Å². The summed E-state index contributed by atoms with van der Waals surface area (Å²) in [7, 11) is 0. The van der Waals surface area contributed by atoms with Crippen LogP contribution in [0.4, 0.5) is 5.69 Å². The first kappa shape index (κ1) is 23.5. The summed E-state index contributed by atoms with van der Waals surface area (Å²) in [5.74, 6) is -1.52. The summed E-state index contributed by atoms with van der Waals surface area (Å²) in [6.45, 7) is 5.02. The molecule has 1 aliphatic carbocycles. The van der Waals surface area contributed by atoms with Crippen LogP contribution < -0.4 is 10.4 Å². The van der Waals surface area contributed by atoms with E-state index in [0.29, 0.717) is 58.7 Å². The number of anilines is 1. The molecule has 180 valence electrons. The van der Waals surface area contributed by atoms with Crippen LogP contribution in [0.1, 0.15) is 25.7 Å². The Morgan fingerprint density at radius 1 is 0.909 bits per heavy atom. The van der Waals surface area contributed by atoms with E-state index in [9.17, 15) is 19.6 Å². The maximum absolute atomic E-state index is 13.4. The number of hydrogen-bond donors (Lipinski definition) is 2. The molecule has 2 aliphatic heterocycles. The molecular weight excluding hydrogens is 424 g/mol. The van der Waals surface area contributed by atoms with Gasteiger partial charge in [0.2, 0.25) is 17.7 Å². The average molecular weight is 459 g/mol. The smallest absolute Gasteiger partial charge is 0.247 e. The van der Waals surface area contributed by atoms with Crippen molar-refractivity contribution >= 4 is 23.4 Å². The highest BCUT2D eigenvalue weighted by atomic mass is 16.5. The molecule has 3 fully saturated rings. The van der Waals surface area contributed by atoms with Crippen LogP contribution in [0.15, 0.2) is 30.3 Å². The quantitative estimate of drug-likeness (QED) is 0.507. The molecule has 0 spiro atoms. The van der Waals surface area contributed by atoms with Crippen LogP contribution in [0.3, 0.4) is 0 Å². The van der Waals surface area contributed by atoms with E-state index >= 15 is 0 Å². The van der Waals surface area contributed by atoms with Crippen molar-refractivity contribution in [3.05, 3.63) is 30.3 Å². The lowest BCUT2D eigenvalue weighted by Gasteiger charge is -2.41. The topological polar surface area (TPSA) is 102 Å². The van der Waals surface area contributed by atoms with E-state index in [4.69, 9.17) is 4.74 Å². The van der Waals surface area contributed by atoms with Crippen molar-refractivity contribution in [3.8, 4) is 0 Å². The van der Waals surface area contributed by atoms with Crippen molar-refractivity contribution in [1.29, 1.82) is 0 Å². The number of nitrogens with one attached hydrogen (secondary N) is 1. The number of morpholine rings is 1. The fourth-order valence-corrected chi connectivity index (χ4v) is 5.36. The number of hydrogen-bond acceptors (Lipinski definition) is 6. The first-order valence-corrected chi connectivity index (χ1v) is 11.9. The molecule has 0 bridgehead atoms. The van der Waals surface area contributed by atoms with E-state index in [1.165, 1.54) is 0 Å². The third-order valence-corrected chi connectivity index (χ3v) is 7.26. The number of piperazine rings is 1. The summed E-state index contributed by atoms with van der Waals surface area (Å²) in [6.07, 6.45) is 2.08. The van der Waals surface area contributed by atoms with Crippen LogP contribution in [0.2, 0.25) is 0 Å². The molecule has 2 saturated heterocycles. The Morgan fingerprint density at radius 3 is 2.27 bits per heavy atom. The second kappa shape index (κ2) is 11.0. The highest BCUT2D eigenvalue weighted by molar-refractivity contribution is 5.88. The van der Waals surface area contributed by atoms with Gasteiger partial charge in [-0.3, -0.25) is 19.6 Å². The van der Waals surface area contributed by atoms with Gasteiger partial charge in [0.25, 0.3) is 0 Å². The lowest BCUT2D eigenvalue weighted by molar-refractivity contribution is -0.149. The highest BCUT2D eigenvalue weighted by Gasteiger charge is 2.42. The molecule has 4 rings (SSSR count). The molecule has 2 N–H and O–H groups in total. The number of benzene rings is 1. The number of carbonyl (C=O) groups is 3. The fraction of sp³-hybridized carbons (Fsp3) is 0.625. The molecule has 0 aromatic heterocycles. The average Bonchev–Trinajstić information content (AvgIpc) is 2.89. The maximum Gasteiger partial charge on any atom is 0.247 e. The SMILES string of the molecule is O=C(NO)[C@H]1CC(CC(=O)N2CCOCC2)CC[C@@H]1C(=O)N1CCN(c2ccccc2)CC1. The summed E-state index contributed by atoms with van der Waals surface area (Å²) in [4.78, 5) is 44.4. The summed E-state index contributed by atoms with van der Waals surface area (Å²) in [6, 6.07) is 10.1. The number of para-hydroxylation sites is 1. The maximum atomic E-state index is 13.4. The molecule has 3 amide bonds. The summed E-state index contributed by atoms with van der Waals surface area (Å²) >= 11 is 0. The highest BCUT2D eigenvalue weighted by Crippen LogP contribution is 2.37. The van der Waals surface area contributed by atoms with Gasteiger partial charge in [-0.15, -0.1) is 0 Å². The molecule has 1 unspecified atom stereocenters. The van der Waals surface area contributed by atoms with Gasteiger partial charge in [-0.1, -0.05) is 18.2 Å². The zero-order chi connectivity index (χ0) is 23.2. The van der Waals surface area contributed by atoms with Crippen molar-refractivity contribution < 1.29 is 24.3 Å². The van der Waals surface area contributed by atoms with Crippen LogP contribution in [0.5, 0.6) is 0 Å². The molecule has 1 aromatic rings. The number of amides is 3. The minimum atomic E-state index is -0.620. The molecule has 1 saturated carbocycles. The number of carbonyl (C=O) groups excluding carboxylic acids is 3. The Morgan fingerprint density at radius 2 is 1.61 bits per heavy atom. The van der Waals surface area contributed by atoms with Crippen LogP contribution in [0.25, 0.3) is 0 Å². The molecule has 3 aliphatic rings. The van der Waals surface area contributed by atoms with E-state index in [1.54, 1.807) is 5.48 Å². The Balaban J connectivity index is 1.34. The van der Waals surface area contributed by atoms with Gasteiger partial charge in [0.15, 0.2) is 0 Å². The van der Waals surface area contributed by atoms with Gasteiger partial charge in [-0.25, -0.2) is 5.48 Å². The third-order valence-electron chi connectivity index (χ3n) is 7.26. The number of nitrogens with zero attached hydrogens (tertiary/aromatic N) is 3. The normalized spacial score (nSPS) is 26.1. The van der Waals surface area contributed by atoms with Crippen molar-refractivity contribution in [2.24, 2.45) is 17.8 Å². The van der Waals surface area contributed by atoms with E-state index in [2.05, 4.69) is 17.0 Å². The van der Waals surface area contributed by atoms with E-state index < -0.39 is 17.7 Å². The van der Waals surface area contributed by atoms with E-state index in [0.717, 1.165) is 25.2 Å². The van der Waals surface area contributed by atoms with Gasteiger partial charge in [-0.2, -0.15) is 0 Å². The molecular formula is C24H34N4O5. The summed E-state index contributed by atoms with van der Waals surface area (Å²) in [5, 5.41) is 9.31. The molecule has 0 radical (unpaired) electrons. The fourth-order valence-electron chi connectivity index (χ4n) is 5.36. The second-order valence-corrected chi connectivity index (χ2v) is 9.21. The van der Waals surface area contributed by atoms with Crippen molar-refractivity contribution in [3.63, 3.8) is 0 Å². The third kappa shape index (κ3) is 5.65. The monoisotopic (exact) mass is 458 g/mol. The van der Waals surface area contributed by atoms with Crippen molar-refractivity contribution in [1.82, 2.24) is 15.3 Å². The van der Waals surface area contributed by atoms with Crippen LogP contribution >= 0.6 is 0 Å². The van der Waals surface area contributed by atoms with Gasteiger partial charge in [0, 0.05) is 57.3 Å². The predicted octanol–water partition coefficient (Wildman–Crippen LogP) is 1.12. The van der Waals surface area contributed by atoms with Crippen LogP contribution in [-0.4, -0.2) is 85.2 Å². The largest absolute Gasteiger partial charge is 0.378 e. The molecule has 1 aromatic carbocycles. The second-order valence-electron chi connectivity index (χ2n) is 9.21. The molecule has 9 nitrogen and oxygen atoms in total. The van der Waals surface area contributed by atoms with Gasteiger partial charge < -0.3 is 19.4 Å². The minimum Gasteiger partial charge on any atom is -0.378 e. The van der Waals surface area contributed by atoms with Gasteiger partial charge in [0.05, 0.1) is 19.1 Å². The first-order chi connectivity index (χ1) is 16.1. The van der Waals surface area contributed by atoms with Crippen molar-refractivity contribution in [2.45, 2.75) is 25.7 Å².